The Morgan fingerprint density at radius 1 is 1.67 bits per heavy atom. The van der Waals surface area contributed by atoms with E-state index in [2.05, 4.69) is 5.32 Å². The molecule has 0 aromatic heterocycles. The van der Waals surface area contributed by atoms with Gasteiger partial charge >= 0.3 is 0 Å². The number of hydrogen-bond acceptors (Lipinski definition) is 2. The lowest BCUT2D eigenvalue weighted by atomic mass is 9.70. The van der Waals surface area contributed by atoms with Crippen molar-refractivity contribution in [3.05, 3.63) is 0 Å². The van der Waals surface area contributed by atoms with E-state index in [1.807, 2.05) is 6.92 Å². The van der Waals surface area contributed by atoms with Crippen LogP contribution in [0.1, 0.15) is 33.1 Å². The summed E-state index contributed by atoms with van der Waals surface area (Å²) >= 11 is 0. The number of rotatable bonds is 3. The highest BCUT2D eigenvalue weighted by molar-refractivity contribution is 5.83. The first-order valence-corrected chi connectivity index (χ1v) is 4.50. The molecular weight excluding hydrogens is 154 g/mol. The van der Waals surface area contributed by atoms with Crippen LogP contribution in [0.3, 0.4) is 0 Å². The summed E-state index contributed by atoms with van der Waals surface area (Å²) in [6.45, 7) is 3.80. The molecule has 70 valence electrons. The van der Waals surface area contributed by atoms with Crippen molar-refractivity contribution in [2.24, 2.45) is 5.41 Å². The Morgan fingerprint density at radius 2 is 2.25 bits per heavy atom. The van der Waals surface area contributed by atoms with Crippen LogP contribution in [0.15, 0.2) is 0 Å². The van der Waals surface area contributed by atoms with Crippen LogP contribution in [0.2, 0.25) is 0 Å². The predicted octanol–water partition coefficient (Wildman–Crippen LogP) is 0.674. The first-order chi connectivity index (χ1) is 5.58. The Kier molecular flexibility index (Phi) is 2.73. The Bertz CT molecular complexity index is 175. The molecule has 0 spiro atoms. The molecule has 0 aromatic rings. The van der Waals surface area contributed by atoms with Gasteiger partial charge in [-0.15, -0.1) is 0 Å². The van der Waals surface area contributed by atoms with Gasteiger partial charge in [-0.1, -0.05) is 13.3 Å². The second kappa shape index (κ2) is 3.44. The van der Waals surface area contributed by atoms with Crippen molar-refractivity contribution in [1.29, 1.82) is 0 Å². The first kappa shape index (κ1) is 9.52. The van der Waals surface area contributed by atoms with E-state index in [-0.39, 0.29) is 24.0 Å². The molecular formula is C9H17NO2. The lowest BCUT2D eigenvalue weighted by Gasteiger charge is -2.37. The third-order valence-corrected chi connectivity index (χ3v) is 2.66. The smallest absolute Gasteiger partial charge is 0.226 e. The average Bonchev–Trinajstić information content (AvgIpc) is 1.99. The van der Waals surface area contributed by atoms with Crippen LogP contribution in [0.5, 0.6) is 0 Å². The Morgan fingerprint density at radius 3 is 2.58 bits per heavy atom. The van der Waals surface area contributed by atoms with Crippen LogP contribution in [-0.2, 0) is 4.79 Å². The zero-order valence-electron chi connectivity index (χ0n) is 7.76. The molecule has 0 radical (unpaired) electrons. The Hall–Kier alpha value is -0.570. The van der Waals surface area contributed by atoms with Crippen LogP contribution in [0.4, 0.5) is 0 Å². The number of amides is 1. The van der Waals surface area contributed by atoms with Crippen molar-refractivity contribution < 1.29 is 9.90 Å². The highest BCUT2D eigenvalue weighted by atomic mass is 16.3. The maximum atomic E-state index is 11.5. The number of hydrogen-bond donors (Lipinski definition) is 2. The van der Waals surface area contributed by atoms with Gasteiger partial charge in [-0.25, -0.2) is 0 Å². The van der Waals surface area contributed by atoms with E-state index in [1.54, 1.807) is 6.92 Å². The van der Waals surface area contributed by atoms with Crippen molar-refractivity contribution >= 4 is 5.91 Å². The van der Waals surface area contributed by atoms with Crippen LogP contribution in [0, 0.1) is 5.41 Å². The molecule has 12 heavy (non-hydrogen) atoms. The minimum absolute atomic E-state index is 0.0157. The molecule has 0 bridgehead atoms. The van der Waals surface area contributed by atoms with E-state index in [0.717, 1.165) is 19.3 Å². The quantitative estimate of drug-likeness (QED) is 0.656. The number of aliphatic hydroxyl groups is 1. The van der Waals surface area contributed by atoms with Crippen molar-refractivity contribution in [3.8, 4) is 0 Å². The van der Waals surface area contributed by atoms with Gasteiger partial charge in [0, 0.05) is 11.5 Å². The van der Waals surface area contributed by atoms with Crippen LogP contribution in [-0.4, -0.2) is 23.7 Å². The van der Waals surface area contributed by atoms with Crippen LogP contribution < -0.4 is 5.32 Å². The molecule has 0 saturated heterocycles. The van der Waals surface area contributed by atoms with Gasteiger partial charge in [-0.05, 0) is 19.8 Å². The first-order valence-electron chi connectivity index (χ1n) is 4.50. The molecule has 1 rings (SSSR count). The van der Waals surface area contributed by atoms with Crippen LogP contribution in [0.25, 0.3) is 0 Å². The van der Waals surface area contributed by atoms with Gasteiger partial charge in [0.1, 0.15) is 0 Å². The number of nitrogens with one attached hydrogen (secondary N) is 1. The maximum Gasteiger partial charge on any atom is 0.226 e. The Labute approximate surface area is 73.2 Å². The van der Waals surface area contributed by atoms with E-state index >= 15 is 0 Å². The van der Waals surface area contributed by atoms with Gasteiger partial charge in [0.2, 0.25) is 5.91 Å². The van der Waals surface area contributed by atoms with E-state index in [1.165, 1.54) is 0 Å². The lowest BCUT2D eigenvalue weighted by Crippen LogP contribution is -2.47. The standard InChI is InChI=1S/C9H17NO2/c1-7(6-11)10-8(12)9(2)4-3-5-9/h7,11H,3-6H2,1-2H3,(H,10,12). The second-order valence-corrected chi connectivity index (χ2v) is 3.97. The molecule has 1 atom stereocenters. The lowest BCUT2D eigenvalue weighted by molar-refractivity contribution is -0.135. The van der Waals surface area contributed by atoms with Crippen molar-refractivity contribution in [2.75, 3.05) is 6.61 Å². The average molecular weight is 171 g/mol. The van der Waals surface area contributed by atoms with E-state index in [0.29, 0.717) is 0 Å². The van der Waals surface area contributed by atoms with E-state index in [4.69, 9.17) is 5.11 Å². The molecule has 1 unspecified atom stereocenters. The topological polar surface area (TPSA) is 49.3 Å². The number of carbonyl (C=O) groups is 1. The summed E-state index contributed by atoms with van der Waals surface area (Å²) in [4.78, 5) is 11.5. The number of aliphatic hydroxyl groups excluding tert-OH is 1. The molecule has 3 nitrogen and oxygen atoms in total. The molecule has 2 N–H and O–H groups in total. The van der Waals surface area contributed by atoms with Gasteiger partial charge in [0.15, 0.2) is 0 Å². The minimum Gasteiger partial charge on any atom is -0.394 e. The maximum absolute atomic E-state index is 11.5. The SMILES string of the molecule is CC(CO)NC(=O)C1(C)CCC1. The fraction of sp³-hybridized carbons (Fsp3) is 0.889. The van der Waals surface area contributed by atoms with Crippen molar-refractivity contribution in [2.45, 2.75) is 39.2 Å². The van der Waals surface area contributed by atoms with E-state index in [9.17, 15) is 4.79 Å². The normalized spacial score (nSPS) is 22.6. The van der Waals surface area contributed by atoms with Gasteiger partial charge in [-0.3, -0.25) is 4.79 Å². The van der Waals surface area contributed by atoms with Gasteiger partial charge in [-0.2, -0.15) is 0 Å². The monoisotopic (exact) mass is 171 g/mol. The molecule has 0 heterocycles. The highest BCUT2D eigenvalue weighted by Crippen LogP contribution is 2.40. The Balaban J connectivity index is 2.37. The molecule has 1 fully saturated rings. The zero-order chi connectivity index (χ0) is 9.19. The van der Waals surface area contributed by atoms with Gasteiger partial charge in [0.25, 0.3) is 0 Å². The summed E-state index contributed by atoms with van der Waals surface area (Å²) in [5, 5.41) is 11.5. The molecule has 0 aromatic carbocycles. The van der Waals surface area contributed by atoms with Crippen LogP contribution >= 0.6 is 0 Å². The molecule has 3 heteroatoms. The van der Waals surface area contributed by atoms with E-state index < -0.39 is 0 Å². The summed E-state index contributed by atoms with van der Waals surface area (Å²) < 4.78 is 0. The third-order valence-electron chi connectivity index (χ3n) is 2.66. The third kappa shape index (κ3) is 1.78. The molecule has 0 aliphatic heterocycles. The minimum atomic E-state index is -0.149. The summed E-state index contributed by atoms with van der Waals surface area (Å²) in [6.07, 6.45) is 3.12. The highest BCUT2D eigenvalue weighted by Gasteiger charge is 2.39. The summed E-state index contributed by atoms with van der Waals surface area (Å²) in [5.41, 5.74) is -0.149. The van der Waals surface area contributed by atoms with Crippen molar-refractivity contribution in [3.63, 3.8) is 0 Å². The molecule has 1 saturated carbocycles. The van der Waals surface area contributed by atoms with Gasteiger partial charge < -0.3 is 10.4 Å². The fourth-order valence-electron chi connectivity index (χ4n) is 1.38. The van der Waals surface area contributed by atoms with Crippen molar-refractivity contribution in [1.82, 2.24) is 5.32 Å². The molecule has 1 aliphatic carbocycles. The zero-order valence-corrected chi connectivity index (χ0v) is 7.76. The summed E-state index contributed by atoms with van der Waals surface area (Å²) in [7, 11) is 0. The summed E-state index contributed by atoms with van der Waals surface area (Å²) in [5.74, 6) is 0.0929. The van der Waals surface area contributed by atoms with Gasteiger partial charge in [0.05, 0.1) is 6.61 Å². The second-order valence-electron chi connectivity index (χ2n) is 3.97. The fourth-order valence-corrected chi connectivity index (χ4v) is 1.38. The summed E-state index contributed by atoms with van der Waals surface area (Å²) in [6, 6.07) is -0.116. The number of carbonyl (C=O) groups excluding carboxylic acids is 1. The molecule has 1 aliphatic rings. The molecule has 1 amide bonds. The predicted molar refractivity (Wildman–Crippen MR) is 46.6 cm³/mol. The largest absolute Gasteiger partial charge is 0.394 e.